The van der Waals surface area contributed by atoms with Gasteiger partial charge in [-0.05, 0) is 44.7 Å². The second-order valence-corrected chi connectivity index (χ2v) is 9.21. The second-order valence-electron chi connectivity index (χ2n) is 7.28. The van der Waals surface area contributed by atoms with E-state index in [9.17, 15) is 13.2 Å². The predicted octanol–water partition coefficient (Wildman–Crippen LogP) is 3.53. The van der Waals surface area contributed by atoms with Crippen molar-refractivity contribution in [2.75, 3.05) is 18.1 Å². The number of sulfonamides is 1. The van der Waals surface area contributed by atoms with Crippen molar-refractivity contribution in [3.63, 3.8) is 0 Å². The van der Waals surface area contributed by atoms with Crippen molar-refractivity contribution in [1.82, 2.24) is 4.31 Å². The number of amides is 1. The summed E-state index contributed by atoms with van der Waals surface area (Å²) in [5.74, 6) is -0.273. The third-order valence-corrected chi connectivity index (χ3v) is 6.18. The SMILES string of the molecule is Cc1cc(C)c(NC(=O)CN(C2CCCCCC2)S(C)(=O)=O)c(C)c1. The van der Waals surface area contributed by atoms with Gasteiger partial charge in [0, 0.05) is 11.7 Å². The number of carbonyl (C=O) groups excluding carboxylic acids is 1. The van der Waals surface area contributed by atoms with E-state index < -0.39 is 10.0 Å². The van der Waals surface area contributed by atoms with Crippen molar-refractivity contribution in [1.29, 1.82) is 0 Å². The summed E-state index contributed by atoms with van der Waals surface area (Å²) in [6.45, 7) is 5.81. The highest BCUT2D eigenvalue weighted by Gasteiger charge is 2.29. The Bertz CT molecular complexity index is 697. The molecule has 1 saturated carbocycles. The standard InChI is InChI=1S/C19H30N2O3S/c1-14-11-15(2)19(16(3)12-14)20-18(22)13-21(25(4,23)24)17-9-7-5-6-8-10-17/h11-12,17H,5-10,13H2,1-4H3,(H,20,22). The lowest BCUT2D eigenvalue weighted by atomic mass is 10.1. The molecule has 0 atom stereocenters. The first-order valence-electron chi connectivity index (χ1n) is 9.03. The van der Waals surface area contributed by atoms with Crippen molar-refractivity contribution in [3.05, 3.63) is 28.8 Å². The number of hydrogen-bond donors (Lipinski definition) is 1. The van der Waals surface area contributed by atoms with Crippen LogP contribution in [0.3, 0.4) is 0 Å². The molecule has 140 valence electrons. The van der Waals surface area contributed by atoms with Crippen LogP contribution in [0.25, 0.3) is 0 Å². The van der Waals surface area contributed by atoms with E-state index in [0.717, 1.165) is 60.9 Å². The fourth-order valence-electron chi connectivity index (χ4n) is 3.76. The van der Waals surface area contributed by atoms with Gasteiger partial charge in [0.05, 0.1) is 12.8 Å². The summed E-state index contributed by atoms with van der Waals surface area (Å²) in [5, 5.41) is 2.92. The maximum atomic E-state index is 12.6. The molecule has 0 radical (unpaired) electrons. The Morgan fingerprint density at radius 2 is 1.60 bits per heavy atom. The van der Waals surface area contributed by atoms with Gasteiger partial charge in [0.15, 0.2) is 0 Å². The van der Waals surface area contributed by atoms with Crippen LogP contribution in [0, 0.1) is 20.8 Å². The zero-order chi connectivity index (χ0) is 18.6. The van der Waals surface area contributed by atoms with E-state index in [4.69, 9.17) is 0 Å². The van der Waals surface area contributed by atoms with Gasteiger partial charge in [-0.25, -0.2) is 8.42 Å². The van der Waals surface area contributed by atoms with Crippen LogP contribution in [0.1, 0.15) is 55.2 Å². The van der Waals surface area contributed by atoms with E-state index in [0.29, 0.717) is 0 Å². The third-order valence-electron chi connectivity index (χ3n) is 4.90. The number of benzene rings is 1. The minimum Gasteiger partial charge on any atom is -0.324 e. The van der Waals surface area contributed by atoms with Gasteiger partial charge in [-0.15, -0.1) is 0 Å². The molecular formula is C19H30N2O3S. The highest BCUT2D eigenvalue weighted by Crippen LogP contribution is 2.25. The number of anilines is 1. The first kappa shape index (κ1) is 19.9. The zero-order valence-corrected chi connectivity index (χ0v) is 16.6. The maximum absolute atomic E-state index is 12.6. The molecule has 1 N–H and O–H groups in total. The molecule has 6 heteroatoms. The Morgan fingerprint density at radius 3 is 2.08 bits per heavy atom. The average Bonchev–Trinajstić information content (AvgIpc) is 2.76. The number of hydrogen-bond acceptors (Lipinski definition) is 3. The Hall–Kier alpha value is -1.40. The Labute approximate surface area is 151 Å². The smallest absolute Gasteiger partial charge is 0.239 e. The van der Waals surface area contributed by atoms with Crippen molar-refractivity contribution < 1.29 is 13.2 Å². The molecule has 1 aromatic carbocycles. The molecule has 0 aliphatic heterocycles. The summed E-state index contributed by atoms with van der Waals surface area (Å²) in [5.41, 5.74) is 3.91. The molecular weight excluding hydrogens is 336 g/mol. The lowest BCUT2D eigenvalue weighted by molar-refractivity contribution is -0.116. The molecule has 1 aliphatic rings. The maximum Gasteiger partial charge on any atom is 0.239 e. The molecule has 0 bridgehead atoms. The molecule has 0 saturated heterocycles. The van der Waals surface area contributed by atoms with Gasteiger partial charge >= 0.3 is 0 Å². The number of rotatable bonds is 5. The molecule has 1 aliphatic carbocycles. The minimum atomic E-state index is -3.42. The topological polar surface area (TPSA) is 66.5 Å². The monoisotopic (exact) mass is 366 g/mol. The van der Waals surface area contributed by atoms with Crippen LogP contribution in [-0.4, -0.2) is 37.5 Å². The first-order valence-corrected chi connectivity index (χ1v) is 10.9. The van der Waals surface area contributed by atoms with Crippen molar-refractivity contribution in [3.8, 4) is 0 Å². The van der Waals surface area contributed by atoms with Gasteiger partial charge in [-0.2, -0.15) is 4.31 Å². The van der Waals surface area contributed by atoms with Crippen LogP contribution in [0.15, 0.2) is 12.1 Å². The summed E-state index contributed by atoms with van der Waals surface area (Å²) in [6.07, 6.45) is 7.20. The largest absolute Gasteiger partial charge is 0.324 e. The van der Waals surface area contributed by atoms with Gasteiger partial charge < -0.3 is 5.32 Å². The van der Waals surface area contributed by atoms with Gasteiger partial charge in [-0.1, -0.05) is 43.4 Å². The van der Waals surface area contributed by atoms with Crippen molar-refractivity contribution in [2.24, 2.45) is 0 Å². The van der Waals surface area contributed by atoms with Crippen LogP contribution in [0.5, 0.6) is 0 Å². The van der Waals surface area contributed by atoms with Gasteiger partial charge in [-0.3, -0.25) is 4.79 Å². The number of carbonyl (C=O) groups is 1. The third kappa shape index (κ3) is 5.54. The van der Waals surface area contributed by atoms with Crippen LogP contribution >= 0.6 is 0 Å². The molecule has 1 fully saturated rings. The van der Waals surface area contributed by atoms with Crippen molar-refractivity contribution in [2.45, 2.75) is 65.3 Å². The zero-order valence-electron chi connectivity index (χ0n) is 15.8. The fraction of sp³-hybridized carbons (Fsp3) is 0.632. The molecule has 25 heavy (non-hydrogen) atoms. The summed E-state index contributed by atoms with van der Waals surface area (Å²) in [6, 6.07) is 3.97. The summed E-state index contributed by atoms with van der Waals surface area (Å²) in [4.78, 5) is 12.6. The highest BCUT2D eigenvalue weighted by molar-refractivity contribution is 7.88. The summed E-state index contributed by atoms with van der Waals surface area (Å²) >= 11 is 0. The van der Waals surface area contributed by atoms with Crippen LogP contribution in [-0.2, 0) is 14.8 Å². The van der Waals surface area contributed by atoms with Crippen LogP contribution in [0.2, 0.25) is 0 Å². The number of nitrogens with one attached hydrogen (secondary N) is 1. The van der Waals surface area contributed by atoms with Gasteiger partial charge in [0.1, 0.15) is 0 Å². The van der Waals surface area contributed by atoms with E-state index in [-0.39, 0.29) is 18.5 Å². The van der Waals surface area contributed by atoms with E-state index in [2.05, 4.69) is 5.32 Å². The Balaban J connectivity index is 2.15. The quantitative estimate of drug-likeness (QED) is 0.811. The number of aryl methyl sites for hydroxylation is 3. The summed E-state index contributed by atoms with van der Waals surface area (Å²) < 4.78 is 25.9. The van der Waals surface area contributed by atoms with E-state index >= 15 is 0 Å². The van der Waals surface area contributed by atoms with Crippen LogP contribution < -0.4 is 5.32 Å². The predicted molar refractivity (Wildman–Crippen MR) is 102 cm³/mol. The van der Waals surface area contributed by atoms with E-state index in [1.54, 1.807) is 0 Å². The summed E-state index contributed by atoms with van der Waals surface area (Å²) in [7, 11) is -3.42. The first-order chi connectivity index (χ1) is 11.7. The fourth-order valence-corrected chi connectivity index (χ4v) is 4.86. The highest BCUT2D eigenvalue weighted by atomic mass is 32.2. The molecule has 0 aromatic heterocycles. The van der Waals surface area contributed by atoms with E-state index in [1.165, 1.54) is 10.6 Å². The number of nitrogens with zero attached hydrogens (tertiary/aromatic N) is 1. The van der Waals surface area contributed by atoms with E-state index in [1.807, 2.05) is 32.9 Å². The Kier molecular flexibility index (Phi) is 6.63. The van der Waals surface area contributed by atoms with Gasteiger partial charge in [0.25, 0.3) is 0 Å². The molecule has 1 amide bonds. The van der Waals surface area contributed by atoms with Gasteiger partial charge in [0.2, 0.25) is 15.9 Å². The van der Waals surface area contributed by atoms with Crippen molar-refractivity contribution >= 4 is 21.6 Å². The second kappa shape index (κ2) is 8.32. The normalized spacial score (nSPS) is 16.7. The minimum absolute atomic E-state index is 0.0662. The molecule has 2 rings (SSSR count). The lowest BCUT2D eigenvalue weighted by Crippen LogP contribution is -2.44. The molecule has 0 unspecified atom stereocenters. The Morgan fingerprint density at radius 1 is 1.08 bits per heavy atom. The molecule has 0 heterocycles. The molecule has 0 spiro atoms. The average molecular weight is 367 g/mol. The molecule has 1 aromatic rings. The lowest BCUT2D eigenvalue weighted by Gasteiger charge is -2.28. The van der Waals surface area contributed by atoms with Crippen LogP contribution in [0.4, 0.5) is 5.69 Å². The molecule has 5 nitrogen and oxygen atoms in total.